The zero-order valence-electron chi connectivity index (χ0n) is 21.8. The van der Waals surface area contributed by atoms with E-state index in [4.69, 9.17) is 28.4 Å². The van der Waals surface area contributed by atoms with Gasteiger partial charge in [-0.15, -0.1) is 0 Å². The summed E-state index contributed by atoms with van der Waals surface area (Å²) < 4.78 is 32.2. The lowest BCUT2D eigenvalue weighted by molar-refractivity contribution is -0.122. The minimum absolute atomic E-state index is 0.00662. The summed E-state index contributed by atoms with van der Waals surface area (Å²) in [5, 5.41) is 2.89. The molecule has 0 saturated heterocycles. The molecule has 0 atom stereocenters. The summed E-state index contributed by atoms with van der Waals surface area (Å²) in [7, 11) is 0. The maximum Gasteiger partial charge on any atom is 0.220 e. The number of ether oxygens (including phenoxy) is 6. The second-order valence-corrected chi connectivity index (χ2v) is 8.34. The van der Waals surface area contributed by atoms with Gasteiger partial charge in [0.1, 0.15) is 6.61 Å². The Morgan fingerprint density at radius 3 is 1.62 bits per heavy atom. The second-order valence-electron chi connectivity index (χ2n) is 8.34. The lowest BCUT2D eigenvalue weighted by Crippen LogP contribution is -2.27. The van der Waals surface area contributed by atoms with Crippen LogP contribution < -0.4 is 5.32 Å². The fourth-order valence-electron chi connectivity index (χ4n) is 2.86. The van der Waals surface area contributed by atoms with Crippen LogP contribution in [0.2, 0.25) is 0 Å². The highest BCUT2D eigenvalue weighted by molar-refractivity contribution is 5.76. The van der Waals surface area contributed by atoms with Gasteiger partial charge in [-0.3, -0.25) is 9.59 Å². The first-order chi connectivity index (χ1) is 16.5. The molecule has 0 aromatic rings. The largest absolute Gasteiger partial charge is 0.379 e. The van der Waals surface area contributed by atoms with Gasteiger partial charge in [-0.2, -0.15) is 0 Å². The maximum absolute atomic E-state index is 11.8. The van der Waals surface area contributed by atoms with Crippen molar-refractivity contribution in [2.45, 2.75) is 71.8 Å². The molecule has 0 fully saturated rings. The molecule has 0 aliphatic rings. The number of hydrogen-bond donors (Lipinski definition) is 1. The molecule has 9 heteroatoms. The highest BCUT2D eigenvalue weighted by Crippen LogP contribution is 2.07. The fourth-order valence-corrected chi connectivity index (χ4v) is 2.86. The van der Waals surface area contributed by atoms with Crippen LogP contribution in [-0.2, 0) is 38.0 Å². The molecule has 0 spiro atoms. The highest BCUT2D eigenvalue weighted by atomic mass is 16.6. The van der Waals surface area contributed by atoms with Crippen molar-refractivity contribution in [2.24, 2.45) is 0 Å². The van der Waals surface area contributed by atoms with E-state index in [0.29, 0.717) is 78.5 Å². The maximum atomic E-state index is 11.8. The summed E-state index contributed by atoms with van der Waals surface area (Å²) in [6, 6.07) is 0. The van der Waals surface area contributed by atoms with Crippen LogP contribution in [0.1, 0.15) is 65.7 Å². The van der Waals surface area contributed by atoms with Crippen LogP contribution in [0.5, 0.6) is 0 Å². The average Bonchev–Trinajstić information content (AvgIpc) is 2.79. The third-order valence-electron chi connectivity index (χ3n) is 4.61. The number of carbonyl (C=O) groups excluding carboxylic acids is 2. The van der Waals surface area contributed by atoms with Crippen LogP contribution in [0.25, 0.3) is 0 Å². The number of carbonyl (C=O) groups is 2. The molecule has 0 aromatic heterocycles. The minimum atomic E-state index is 0.00662. The van der Waals surface area contributed by atoms with E-state index in [1.54, 1.807) is 0 Å². The molecule has 0 bridgehead atoms. The second kappa shape index (κ2) is 26.5. The summed E-state index contributed by atoms with van der Waals surface area (Å²) >= 11 is 0. The van der Waals surface area contributed by atoms with Gasteiger partial charge in [-0.1, -0.05) is 25.7 Å². The van der Waals surface area contributed by atoms with E-state index in [2.05, 4.69) is 19.2 Å². The number of nitrogens with one attached hydrogen (secondary N) is 1. The molecule has 202 valence electrons. The quantitative estimate of drug-likeness (QED) is 0.175. The Kier molecular flexibility index (Phi) is 25.6. The molecule has 0 aliphatic carbocycles. The Morgan fingerprint density at radius 1 is 0.618 bits per heavy atom. The van der Waals surface area contributed by atoms with Gasteiger partial charge >= 0.3 is 0 Å². The topological polar surface area (TPSA) is 102 Å². The van der Waals surface area contributed by atoms with Gasteiger partial charge in [0.2, 0.25) is 5.91 Å². The first-order valence-electron chi connectivity index (χ1n) is 12.8. The monoisotopic (exact) mass is 491 g/mol. The third-order valence-corrected chi connectivity index (χ3v) is 4.61. The Labute approximate surface area is 206 Å². The summed E-state index contributed by atoms with van der Waals surface area (Å²) in [4.78, 5) is 22.5. The zero-order chi connectivity index (χ0) is 25.1. The van der Waals surface area contributed by atoms with Crippen LogP contribution in [0.3, 0.4) is 0 Å². The Morgan fingerprint density at radius 2 is 1.09 bits per heavy atom. The van der Waals surface area contributed by atoms with E-state index in [9.17, 15) is 9.59 Å². The van der Waals surface area contributed by atoms with Crippen molar-refractivity contribution in [3.8, 4) is 0 Å². The summed E-state index contributed by atoms with van der Waals surface area (Å²) in [6.45, 7) is 11.4. The summed E-state index contributed by atoms with van der Waals surface area (Å²) in [6.07, 6.45) is 7.63. The lowest BCUT2D eigenvalue weighted by atomic mass is 10.1. The molecule has 0 aromatic carbocycles. The molecule has 0 saturated carbocycles. The Hall–Kier alpha value is -1.10. The normalized spacial score (nSPS) is 11.3. The number of amides is 1. The molecule has 0 radical (unpaired) electrons. The van der Waals surface area contributed by atoms with Gasteiger partial charge in [-0.25, -0.2) is 0 Å². The van der Waals surface area contributed by atoms with Gasteiger partial charge in [0.15, 0.2) is 5.78 Å². The standard InChI is InChI=1S/C25H49NO8/c1-23(2)34-12-9-7-5-4-6-8-10-25(28)26-11-13-29-14-15-30-16-17-31-18-19-32-20-21-33-22-24(3)27/h23H,4-22H2,1-3H3,(H,26,28). The van der Waals surface area contributed by atoms with E-state index >= 15 is 0 Å². The first kappa shape index (κ1) is 32.9. The van der Waals surface area contributed by atoms with Crippen molar-refractivity contribution in [1.29, 1.82) is 0 Å². The SMILES string of the molecule is CC(=O)COCCOCCOCCOCCOCCNC(=O)CCCCCCCCOC(C)C. The van der Waals surface area contributed by atoms with Crippen molar-refractivity contribution in [3.05, 3.63) is 0 Å². The van der Waals surface area contributed by atoms with Crippen LogP contribution in [0.15, 0.2) is 0 Å². The molecule has 0 heterocycles. The van der Waals surface area contributed by atoms with E-state index in [1.807, 2.05) is 0 Å². The zero-order valence-corrected chi connectivity index (χ0v) is 21.8. The third kappa shape index (κ3) is 28.9. The number of unbranched alkanes of at least 4 members (excludes halogenated alkanes) is 5. The van der Waals surface area contributed by atoms with E-state index in [1.165, 1.54) is 26.2 Å². The number of ketones is 1. The molecular formula is C25H49NO8. The van der Waals surface area contributed by atoms with E-state index in [-0.39, 0.29) is 18.3 Å². The van der Waals surface area contributed by atoms with Gasteiger partial charge in [-0.05, 0) is 33.6 Å². The molecule has 1 amide bonds. The number of hydrogen-bond acceptors (Lipinski definition) is 8. The molecule has 9 nitrogen and oxygen atoms in total. The van der Waals surface area contributed by atoms with Gasteiger partial charge in [0, 0.05) is 19.6 Å². The average molecular weight is 492 g/mol. The van der Waals surface area contributed by atoms with Gasteiger partial charge in [0.25, 0.3) is 0 Å². The van der Waals surface area contributed by atoms with Crippen molar-refractivity contribution in [3.63, 3.8) is 0 Å². The van der Waals surface area contributed by atoms with Crippen molar-refractivity contribution >= 4 is 11.7 Å². The molecule has 1 N–H and O–H groups in total. The summed E-state index contributed by atoms with van der Waals surface area (Å²) in [5.41, 5.74) is 0. The first-order valence-corrected chi connectivity index (χ1v) is 12.8. The van der Waals surface area contributed by atoms with Crippen LogP contribution in [0, 0.1) is 0 Å². The molecule has 0 rings (SSSR count). The number of Topliss-reactive ketones (excluding diaryl/α,β-unsaturated/α-hetero) is 1. The molecule has 0 aliphatic heterocycles. The summed E-state index contributed by atoms with van der Waals surface area (Å²) in [5.74, 6) is 0.0991. The molecule has 0 unspecified atom stereocenters. The minimum Gasteiger partial charge on any atom is -0.379 e. The number of rotatable bonds is 27. The lowest BCUT2D eigenvalue weighted by Gasteiger charge is -2.08. The van der Waals surface area contributed by atoms with E-state index < -0.39 is 0 Å². The predicted molar refractivity (Wildman–Crippen MR) is 131 cm³/mol. The van der Waals surface area contributed by atoms with Crippen molar-refractivity contribution < 1.29 is 38.0 Å². The Bertz CT molecular complexity index is 462. The van der Waals surface area contributed by atoms with Gasteiger partial charge < -0.3 is 33.7 Å². The molecular weight excluding hydrogens is 442 g/mol. The van der Waals surface area contributed by atoms with Crippen LogP contribution in [0.4, 0.5) is 0 Å². The molecule has 34 heavy (non-hydrogen) atoms. The smallest absolute Gasteiger partial charge is 0.220 e. The van der Waals surface area contributed by atoms with Gasteiger partial charge in [0.05, 0.1) is 65.6 Å². The highest BCUT2D eigenvalue weighted by Gasteiger charge is 2.01. The van der Waals surface area contributed by atoms with E-state index in [0.717, 1.165) is 25.9 Å². The van der Waals surface area contributed by atoms with Crippen molar-refractivity contribution in [2.75, 3.05) is 79.2 Å². The van der Waals surface area contributed by atoms with Crippen molar-refractivity contribution in [1.82, 2.24) is 5.32 Å². The Balaban J connectivity index is 3.16. The van der Waals surface area contributed by atoms with Crippen LogP contribution in [-0.4, -0.2) is 97.0 Å². The predicted octanol–water partition coefficient (Wildman–Crippen LogP) is 2.93. The van der Waals surface area contributed by atoms with Crippen LogP contribution >= 0.6 is 0 Å². The fraction of sp³-hybridized carbons (Fsp3) is 0.920.